The predicted octanol–water partition coefficient (Wildman–Crippen LogP) is 1.61. The summed E-state index contributed by atoms with van der Waals surface area (Å²) >= 11 is 1.63. The van der Waals surface area contributed by atoms with Crippen LogP contribution in [-0.2, 0) is 13.2 Å². The minimum absolute atomic E-state index is 0.104. The molecule has 0 bridgehead atoms. The first kappa shape index (κ1) is 16.1. The summed E-state index contributed by atoms with van der Waals surface area (Å²) in [6, 6.07) is 5.68. The summed E-state index contributed by atoms with van der Waals surface area (Å²) in [5.41, 5.74) is 1.04. The molecule has 2 N–H and O–H groups in total. The van der Waals surface area contributed by atoms with Crippen LogP contribution in [0.3, 0.4) is 0 Å². The molecule has 10 nitrogen and oxygen atoms in total. The Morgan fingerprint density at radius 3 is 3.15 bits per heavy atom. The maximum atomic E-state index is 12.0. The van der Waals surface area contributed by atoms with Crippen molar-refractivity contribution in [3.05, 3.63) is 46.9 Å². The lowest BCUT2D eigenvalue weighted by atomic mass is 10.3. The van der Waals surface area contributed by atoms with Crippen LogP contribution in [0.15, 0.2) is 28.9 Å². The van der Waals surface area contributed by atoms with Crippen LogP contribution in [-0.4, -0.2) is 36.5 Å². The molecular formula is C15H13N7O3S. The average Bonchev–Trinajstić information content (AvgIpc) is 3.37. The number of nitrogens with zero attached hydrogens (tertiary/aromatic N) is 5. The monoisotopic (exact) mass is 371 g/mol. The Morgan fingerprint density at radius 2 is 2.31 bits per heavy atom. The van der Waals surface area contributed by atoms with Crippen molar-refractivity contribution in [3.8, 4) is 5.75 Å². The number of carbonyl (C=O) groups is 1. The number of tetrazole rings is 1. The SMILES string of the molecule is Cc1nc2cc(OCc3nc(C(=O)NCc4nn[nH]n4)co3)ccc2s1. The van der Waals surface area contributed by atoms with Crippen molar-refractivity contribution >= 4 is 27.5 Å². The molecule has 132 valence electrons. The molecule has 4 aromatic rings. The number of rotatable bonds is 6. The second-order valence-corrected chi connectivity index (χ2v) is 6.52. The lowest BCUT2D eigenvalue weighted by Gasteiger charge is -2.02. The van der Waals surface area contributed by atoms with E-state index in [9.17, 15) is 4.79 Å². The zero-order chi connectivity index (χ0) is 17.9. The van der Waals surface area contributed by atoms with Gasteiger partial charge in [-0.15, -0.1) is 21.5 Å². The molecule has 0 unspecified atom stereocenters. The fraction of sp³-hybridized carbons (Fsp3) is 0.200. The van der Waals surface area contributed by atoms with Gasteiger partial charge in [0.15, 0.2) is 18.1 Å². The molecule has 3 aromatic heterocycles. The molecule has 0 aliphatic carbocycles. The fourth-order valence-corrected chi connectivity index (χ4v) is 3.05. The Kier molecular flexibility index (Phi) is 4.27. The number of H-pyrrole nitrogens is 1. The van der Waals surface area contributed by atoms with Gasteiger partial charge in [-0.25, -0.2) is 9.97 Å². The van der Waals surface area contributed by atoms with E-state index in [1.165, 1.54) is 6.26 Å². The minimum Gasteiger partial charge on any atom is -0.484 e. The van der Waals surface area contributed by atoms with Crippen LogP contribution < -0.4 is 10.1 Å². The van der Waals surface area contributed by atoms with E-state index in [0.29, 0.717) is 17.5 Å². The van der Waals surface area contributed by atoms with Crippen LogP contribution in [0.5, 0.6) is 5.75 Å². The van der Waals surface area contributed by atoms with Crippen molar-refractivity contribution in [2.45, 2.75) is 20.1 Å². The second kappa shape index (κ2) is 6.88. The Hall–Kier alpha value is -3.34. The number of thiazole rings is 1. The van der Waals surface area contributed by atoms with Gasteiger partial charge in [0.25, 0.3) is 5.91 Å². The van der Waals surface area contributed by atoms with Gasteiger partial charge in [-0.1, -0.05) is 5.21 Å². The van der Waals surface area contributed by atoms with E-state index >= 15 is 0 Å². The van der Waals surface area contributed by atoms with Gasteiger partial charge in [0.2, 0.25) is 5.89 Å². The molecule has 0 fully saturated rings. The van der Waals surface area contributed by atoms with Crippen molar-refractivity contribution in [3.63, 3.8) is 0 Å². The molecule has 0 atom stereocenters. The molecule has 4 rings (SSSR count). The largest absolute Gasteiger partial charge is 0.484 e. The predicted molar refractivity (Wildman–Crippen MR) is 90.5 cm³/mol. The Labute approximate surface area is 150 Å². The van der Waals surface area contributed by atoms with Crippen LogP contribution in [0.1, 0.15) is 27.2 Å². The quantitative estimate of drug-likeness (QED) is 0.522. The zero-order valence-electron chi connectivity index (χ0n) is 13.6. The molecule has 0 saturated carbocycles. The lowest BCUT2D eigenvalue weighted by Crippen LogP contribution is -2.23. The third-order valence-corrected chi connectivity index (χ3v) is 4.36. The van der Waals surface area contributed by atoms with Crippen molar-refractivity contribution < 1.29 is 13.9 Å². The number of amides is 1. The van der Waals surface area contributed by atoms with E-state index in [1.807, 2.05) is 25.1 Å². The van der Waals surface area contributed by atoms with Crippen LogP contribution in [0.2, 0.25) is 0 Å². The summed E-state index contributed by atoms with van der Waals surface area (Å²) in [7, 11) is 0. The number of carbonyl (C=O) groups excluding carboxylic acids is 1. The van der Waals surface area contributed by atoms with Gasteiger partial charge in [0.05, 0.1) is 21.8 Å². The van der Waals surface area contributed by atoms with Gasteiger partial charge in [0.1, 0.15) is 12.0 Å². The topological polar surface area (TPSA) is 132 Å². The maximum absolute atomic E-state index is 12.0. The highest BCUT2D eigenvalue weighted by molar-refractivity contribution is 7.18. The number of aromatic nitrogens is 6. The van der Waals surface area contributed by atoms with Gasteiger partial charge in [-0.05, 0) is 19.1 Å². The van der Waals surface area contributed by atoms with Crippen LogP contribution >= 0.6 is 11.3 Å². The summed E-state index contributed by atoms with van der Waals surface area (Å²) < 4.78 is 12.0. The number of aryl methyl sites for hydroxylation is 1. The normalized spacial score (nSPS) is 11.0. The molecule has 0 aliphatic rings. The third-order valence-electron chi connectivity index (χ3n) is 3.41. The molecule has 26 heavy (non-hydrogen) atoms. The molecule has 0 spiro atoms. The number of nitrogens with one attached hydrogen (secondary N) is 2. The summed E-state index contributed by atoms with van der Waals surface area (Å²) in [4.78, 5) is 20.5. The standard InChI is InChI=1S/C15H13N7O3S/c1-8-17-10-4-9(2-3-12(10)26-8)24-7-14-18-11(6-25-14)15(23)16-5-13-19-21-22-20-13/h2-4,6H,5,7H2,1H3,(H,16,23)(H,19,20,21,22). The maximum Gasteiger partial charge on any atom is 0.273 e. The lowest BCUT2D eigenvalue weighted by molar-refractivity contribution is 0.0945. The average molecular weight is 371 g/mol. The zero-order valence-corrected chi connectivity index (χ0v) is 14.4. The molecule has 11 heteroatoms. The number of hydrogen-bond donors (Lipinski definition) is 2. The van der Waals surface area contributed by atoms with E-state index in [0.717, 1.165) is 15.2 Å². The van der Waals surface area contributed by atoms with E-state index in [4.69, 9.17) is 9.15 Å². The molecular weight excluding hydrogens is 358 g/mol. The molecule has 0 saturated heterocycles. The molecule has 0 aliphatic heterocycles. The van der Waals surface area contributed by atoms with Crippen LogP contribution in [0, 0.1) is 6.92 Å². The highest BCUT2D eigenvalue weighted by Crippen LogP contribution is 2.25. The third kappa shape index (κ3) is 3.52. The molecule has 3 heterocycles. The van der Waals surface area contributed by atoms with Gasteiger partial charge < -0.3 is 14.5 Å². The summed E-state index contributed by atoms with van der Waals surface area (Å²) in [6.45, 7) is 2.21. The number of aromatic amines is 1. The number of oxazole rings is 1. The van der Waals surface area contributed by atoms with Crippen molar-refractivity contribution in [2.24, 2.45) is 0 Å². The summed E-state index contributed by atoms with van der Waals surface area (Å²) in [6.07, 6.45) is 1.28. The molecule has 1 aromatic carbocycles. The van der Waals surface area contributed by atoms with Crippen LogP contribution in [0.25, 0.3) is 10.2 Å². The fourth-order valence-electron chi connectivity index (χ4n) is 2.25. The van der Waals surface area contributed by atoms with Gasteiger partial charge >= 0.3 is 0 Å². The van der Waals surface area contributed by atoms with E-state index < -0.39 is 5.91 Å². The molecule has 1 amide bonds. The van der Waals surface area contributed by atoms with Crippen molar-refractivity contribution in [1.29, 1.82) is 0 Å². The number of benzene rings is 1. The first-order valence-corrected chi connectivity index (χ1v) is 8.44. The highest BCUT2D eigenvalue weighted by atomic mass is 32.1. The Bertz CT molecular complexity index is 1040. The van der Waals surface area contributed by atoms with Gasteiger partial charge in [-0.3, -0.25) is 4.79 Å². The Morgan fingerprint density at radius 1 is 1.38 bits per heavy atom. The van der Waals surface area contributed by atoms with Crippen LogP contribution in [0.4, 0.5) is 0 Å². The summed E-state index contributed by atoms with van der Waals surface area (Å²) in [5, 5.41) is 16.8. The van der Waals surface area contributed by atoms with E-state index in [-0.39, 0.29) is 18.8 Å². The van der Waals surface area contributed by atoms with E-state index in [1.54, 1.807) is 11.3 Å². The number of hydrogen-bond acceptors (Lipinski definition) is 9. The number of fused-ring (bicyclic) bond motifs is 1. The minimum atomic E-state index is -0.399. The summed E-state index contributed by atoms with van der Waals surface area (Å²) in [5.74, 6) is 0.926. The van der Waals surface area contributed by atoms with Gasteiger partial charge in [0, 0.05) is 6.07 Å². The van der Waals surface area contributed by atoms with Crippen molar-refractivity contribution in [2.75, 3.05) is 0 Å². The van der Waals surface area contributed by atoms with Gasteiger partial charge in [-0.2, -0.15) is 5.21 Å². The highest BCUT2D eigenvalue weighted by Gasteiger charge is 2.13. The number of ether oxygens (including phenoxy) is 1. The second-order valence-electron chi connectivity index (χ2n) is 5.29. The van der Waals surface area contributed by atoms with E-state index in [2.05, 4.69) is 35.9 Å². The smallest absolute Gasteiger partial charge is 0.273 e. The first-order valence-electron chi connectivity index (χ1n) is 7.62. The molecule has 0 radical (unpaired) electrons. The Balaban J connectivity index is 1.35. The first-order chi connectivity index (χ1) is 12.7. The van der Waals surface area contributed by atoms with Crippen molar-refractivity contribution in [1.82, 2.24) is 35.9 Å².